The molecular formula is C10H11O2. The number of carboxylic acids is 1. The Bertz CT molecular complexity index is 254. The van der Waals surface area contributed by atoms with Gasteiger partial charge in [0.2, 0.25) is 0 Å². The van der Waals surface area contributed by atoms with E-state index < -0.39 is 5.97 Å². The maximum atomic E-state index is 10.5. The van der Waals surface area contributed by atoms with Crippen LogP contribution in [-0.4, -0.2) is 11.1 Å². The molecule has 0 aliphatic heterocycles. The molecule has 0 aliphatic rings. The first-order chi connectivity index (χ1) is 5.70. The molecule has 63 valence electrons. The van der Waals surface area contributed by atoms with Crippen molar-refractivity contribution in [3.63, 3.8) is 0 Å². The highest BCUT2D eigenvalue weighted by atomic mass is 16.4. The fourth-order valence-electron chi connectivity index (χ4n) is 0.978. The van der Waals surface area contributed by atoms with Gasteiger partial charge in [-0.1, -0.05) is 30.3 Å². The zero-order valence-electron chi connectivity index (χ0n) is 6.95. The van der Waals surface area contributed by atoms with Gasteiger partial charge in [-0.15, -0.1) is 0 Å². The predicted octanol–water partition coefficient (Wildman–Crippen LogP) is 1.91. The third kappa shape index (κ3) is 2.38. The van der Waals surface area contributed by atoms with Crippen LogP contribution in [0.2, 0.25) is 0 Å². The van der Waals surface area contributed by atoms with E-state index in [2.05, 4.69) is 0 Å². The summed E-state index contributed by atoms with van der Waals surface area (Å²) >= 11 is 0. The van der Waals surface area contributed by atoms with Crippen LogP contribution < -0.4 is 0 Å². The van der Waals surface area contributed by atoms with Gasteiger partial charge in [0, 0.05) is 0 Å². The molecular weight excluding hydrogens is 152 g/mol. The Balaban J connectivity index is 2.58. The van der Waals surface area contributed by atoms with E-state index in [9.17, 15) is 4.79 Å². The number of hydrogen-bond acceptors (Lipinski definition) is 1. The van der Waals surface area contributed by atoms with E-state index in [1.54, 1.807) is 6.92 Å². The summed E-state index contributed by atoms with van der Waals surface area (Å²) in [5.41, 5.74) is 1.04. The van der Waals surface area contributed by atoms with Crippen molar-refractivity contribution in [2.75, 3.05) is 0 Å². The van der Waals surface area contributed by atoms with E-state index >= 15 is 0 Å². The molecule has 0 fully saturated rings. The predicted molar refractivity (Wildman–Crippen MR) is 46.7 cm³/mol. The molecule has 0 atom stereocenters. The number of hydrogen-bond donors (Lipinski definition) is 1. The summed E-state index contributed by atoms with van der Waals surface area (Å²) in [6, 6.07) is 9.58. The zero-order valence-corrected chi connectivity index (χ0v) is 6.95. The van der Waals surface area contributed by atoms with Crippen LogP contribution in [0.5, 0.6) is 0 Å². The van der Waals surface area contributed by atoms with Crippen LogP contribution in [-0.2, 0) is 11.2 Å². The maximum absolute atomic E-state index is 10.5. The SMILES string of the molecule is C[C](Cc1ccccc1)C(=O)O. The Morgan fingerprint density at radius 2 is 1.92 bits per heavy atom. The number of rotatable bonds is 3. The van der Waals surface area contributed by atoms with Gasteiger partial charge in [0.15, 0.2) is 0 Å². The Morgan fingerprint density at radius 1 is 1.33 bits per heavy atom. The van der Waals surface area contributed by atoms with Crippen molar-refractivity contribution in [1.82, 2.24) is 0 Å². The van der Waals surface area contributed by atoms with Crippen molar-refractivity contribution in [2.24, 2.45) is 0 Å². The summed E-state index contributed by atoms with van der Waals surface area (Å²) in [6.45, 7) is 1.63. The van der Waals surface area contributed by atoms with Crippen molar-refractivity contribution < 1.29 is 9.90 Å². The molecule has 0 amide bonds. The smallest absolute Gasteiger partial charge is 0.310 e. The molecule has 0 spiro atoms. The number of carboxylic acid groups (broad SMARTS) is 1. The van der Waals surface area contributed by atoms with Crippen LogP contribution in [0.25, 0.3) is 0 Å². The van der Waals surface area contributed by atoms with Crippen LogP contribution in [0.4, 0.5) is 0 Å². The van der Waals surface area contributed by atoms with E-state index in [0.29, 0.717) is 12.3 Å². The molecule has 1 N–H and O–H groups in total. The summed E-state index contributed by atoms with van der Waals surface area (Å²) in [6.07, 6.45) is 0.524. The molecule has 0 aromatic heterocycles. The minimum Gasteiger partial charge on any atom is -0.481 e. The van der Waals surface area contributed by atoms with E-state index in [1.165, 1.54) is 0 Å². The van der Waals surface area contributed by atoms with E-state index in [4.69, 9.17) is 5.11 Å². The fraction of sp³-hybridized carbons (Fsp3) is 0.200. The molecule has 0 unspecified atom stereocenters. The van der Waals surface area contributed by atoms with Gasteiger partial charge in [0.25, 0.3) is 0 Å². The summed E-state index contributed by atoms with van der Waals surface area (Å²) in [5.74, 6) is -0.347. The highest BCUT2D eigenvalue weighted by Gasteiger charge is 2.11. The van der Waals surface area contributed by atoms with E-state index in [1.807, 2.05) is 30.3 Å². The lowest BCUT2D eigenvalue weighted by Gasteiger charge is -2.03. The molecule has 1 radical (unpaired) electrons. The third-order valence-electron chi connectivity index (χ3n) is 1.68. The highest BCUT2D eigenvalue weighted by molar-refractivity contribution is 5.82. The molecule has 2 heteroatoms. The molecule has 0 heterocycles. The lowest BCUT2D eigenvalue weighted by molar-refractivity contribution is -0.134. The first kappa shape index (κ1) is 8.78. The quantitative estimate of drug-likeness (QED) is 0.739. The van der Waals surface area contributed by atoms with Gasteiger partial charge >= 0.3 is 5.97 Å². The molecule has 1 aromatic carbocycles. The lowest BCUT2D eigenvalue weighted by Crippen LogP contribution is -2.09. The molecule has 0 saturated carbocycles. The van der Waals surface area contributed by atoms with Crippen LogP contribution in [0.3, 0.4) is 0 Å². The van der Waals surface area contributed by atoms with E-state index in [-0.39, 0.29) is 0 Å². The average molecular weight is 163 g/mol. The van der Waals surface area contributed by atoms with Crippen molar-refractivity contribution in [3.8, 4) is 0 Å². The second-order valence-corrected chi connectivity index (χ2v) is 2.75. The highest BCUT2D eigenvalue weighted by Crippen LogP contribution is 2.09. The summed E-state index contributed by atoms with van der Waals surface area (Å²) < 4.78 is 0. The van der Waals surface area contributed by atoms with Gasteiger partial charge in [-0.2, -0.15) is 0 Å². The second kappa shape index (κ2) is 3.90. The normalized spacial score (nSPS) is 10.2. The van der Waals surface area contributed by atoms with Crippen LogP contribution in [0, 0.1) is 5.92 Å². The topological polar surface area (TPSA) is 37.3 Å². The Kier molecular flexibility index (Phi) is 2.86. The summed E-state index contributed by atoms with van der Waals surface area (Å²) in [4.78, 5) is 10.5. The van der Waals surface area contributed by atoms with Gasteiger partial charge in [0.1, 0.15) is 0 Å². The van der Waals surface area contributed by atoms with Crippen LogP contribution >= 0.6 is 0 Å². The van der Waals surface area contributed by atoms with Crippen LogP contribution in [0.15, 0.2) is 30.3 Å². The molecule has 2 nitrogen and oxygen atoms in total. The molecule has 1 rings (SSSR count). The first-order valence-corrected chi connectivity index (χ1v) is 3.80. The van der Waals surface area contributed by atoms with Gasteiger partial charge in [-0.05, 0) is 18.9 Å². The van der Waals surface area contributed by atoms with Crippen molar-refractivity contribution in [2.45, 2.75) is 13.3 Å². The van der Waals surface area contributed by atoms with E-state index in [0.717, 1.165) is 5.56 Å². The maximum Gasteiger partial charge on any atom is 0.310 e. The molecule has 0 saturated heterocycles. The third-order valence-corrected chi connectivity index (χ3v) is 1.68. The van der Waals surface area contributed by atoms with Crippen molar-refractivity contribution in [1.29, 1.82) is 0 Å². The zero-order chi connectivity index (χ0) is 8.97. The first-order valence-electron chi connectivity index (χ1n) is 3.80. The van der Waals surface area contributed by atoms with Crippen LogP contribution in [0.1, 0.15) is 12.5 Å². The molecule has 0 aliphatic carbocycles. The standard InChI is InChI=1S/C10H11O2/c1-8(10(11)12)7-9-5-3-2-4-6-9/h2-6H,7H2,1H3,(H,11,12). The number of aliphatic carboxylic acids is 1. The second-order valence-electron chi connectivity index (χ2n) is 2.75. The minimum absolute atomic E-state index is 0.473. The summed E-state index contributed by atoms with van der Waals surface area (Å²) in [5, 5.41) is 8.61. The molecule has 1 aromatic rings. The van der Waals surface area contributed by atoms with Gasteiger partial charge in [-0.3, -0.25) is 4.79 Å². The summed E-state index contributed by atoms with van der Waals surface area (Å²) in [7, 11) is 0. The lowest BCUT2D eigenvalue weighted by atomic mass is 10.0. The Hall–Kier alpha value is -1.31. The number of carbonyl (C=O) groups is 1. The molecule has 12 heavy (non-hydrogen) atoms. The molecule has 0 bridgehead atoms. The average Bonchev–Trinajstić information content (AvgIpc) is 2.06. The number of benzene rings is 1. The minimum atomic E-state index is -0.821. The Morgan fingerprint density at radius 3 is 2.42 bits per heavy atom. The van der Waals surface area contributed by atoms with Crippen molar-refractivity contribution in [3.05, 3.63) is 41.8 Å². The monoisotopic (exact) mass is 163 g/mol. The fourth-order valence-corrected chi connectivity index (χ4v) is 0.978. The largest absolute Gasteiger partial charge is 0.481 e. The van der Waals surface area contributed by atoms with Crippen molar-refractivity contribution >= 4 is 5.97 Å². The van der Waals surface area contributed by atoms with Gasteiger partial charge in [0.05, 0.1) is 5.92 Å². The Labute approximate surface area is 71.8 Å². The van der Waals surface area contributed by atoms with Gasteiger partial charge < -0.3 is 5.11 Å². The van der Waals surface area contributed by atoms with Gasteiger partial charge in [-0.25, -0.2) is 0 Å².